The number of nitrogens with zero attached hydrogens (tertiary/aromatic N) is 1. The zero-order valence-electron chi connectivity index (χ0n) is 7.90. The second kappa shape index (κ2) is 3.70. The van der Waals surface area contributed by atoms with Gasteiger partial charge in [0.25, 0.3) is 0 Å². The SMILES string of the molecule is [CH2]Cc1ccc(N2CCOC2=O)cc1. The predicted octanol–water partition coefficient (Wildman–Crippen LogP) is 2.02. The first-order valence-corrected chi connectivity index (χ1v) is 4.64. The van der Waals surface area contributed by atoms with Crippen LogP contribution < -0.4 is 4.90 Å². The third-order valence-corrected chi connectivity index (χ3v) is 2.30. The molecule has 1 aliphatic rings. The maximum Gasteiger partial charge on any atom is 0.414 e. The first-order chi connectivity index (χ1) is 6.81. The normalized spacial score (nSPS) is 15.8. The molecule has 2 rings (SSSR count). The zero-order valence-corrected chi connectivity index (χ0v) is 7.90. The highest BCUT2D eigenvalue weighted by Crippen LogP contribution is 2.19. The van der Waals surface area contributed by atoms with Crippen LogP contribution in [0, 0.1) is 6.92 Å². The number of ether oxygens (including phenoxy) is 1. The van der Waals surface area contributed by atoms with Gasteiger partial charge in [0.2, 0.25) is 0 Å². The molecule has 1 aromatic rings. The Morgan fingerprint density at radius 3 is 2.57 bits per heavy atom. The molecule has 73 valence electrons. The highest BCUT2D eigenvalue weighted by molar-refractivity contribution is 5.89. The van der Waals surface area contributed by atoms with Gasteiger partial charge in [0.15, 0.2) is 0 Å². The first kappa shape index (κ1) is 9.06. The quantitative estimate of drug-likeness (QED) is 0.714. The van der Waals surface area contributed by atoms with Gasteiger partial charge in [0, 0.05) is 5.69 Å². The molecule has 3 nitrogen and oxygen atoms in total. The van der Waals surface area contributed by atoms with E-state index in [9.17, 15) is 4.79 Å². The monoisotopic (exact) mass is 190 g/mol. The lowest BCUT2D eigenvalue weighted by Crippen LogP contribution is -2.23. The summed E-state index contributed by atoms with van der Waals surface area (Å²) in [6.07, 6.45) is 0.512. The smallest absolute Gasteiger partial charge is 0.414 e. The average Bonchev–Trinajstić information content (AvgIpc) is 2.65. The first-order valence-electron chi connectivity index (χ1n) is 4.64. The van der Waals surface area contributed by atoms with Gasteiger partial charge in [0.1, 0.15) is 6.61 Å². The molecule has 0 aromatic heterocycles. The van der Waals surface area contributed by atoms with Crippen LogP contribution in [-0.2, 0) is 11.2 Å². The minimum Gasteiger partial charge on any atom is -0.447 e. The average molecular weight is 190 g/mol. The molecular formula is C11H12NO2. The van der Waals surface area contributed by atoms with Crippen LogP contribution in [0.25, 0.3) is 0 Å². The summed E-state index contributed by atoms with van der Waals surface area (Å²) >= 11 is 0. The van der Waals surface area contributed by atoms with Crippen molar-refractivity contribution >= 4 is 11.8 Å². The number of anilines is 1. The summed E-state index contributed by atoms with van der Waals surface area (Å²) in [5, 5.41) is 0. The van der Waals surface area contributed by atoms with Gasteiger partial charge in [0.05, 0.1) is 6.54 Å². The number of hydrogen-bond acceptors (Lipinski definition) is 2. The molecule has 1 fully saturated rings. The Kier molecular flexibility index (Phi) is 2.39. The summed E-state index contributed by atoms with van der Waals surface area (Å²) in [4.78, 5) is 12.9. The third kappa shape index (κ3) is 1.58. The van der Waals surface area contributed by atoms with Gasteiger partial charge >= 0.3 is 6.09 Å². The molecule has 1 heterocycles. The second-order valence-electron chi connectivity index (χ2n) is 3.18. The van der Waals surface area contributed by atoms with Crippen molar-refractivity contribution < 1.29 is 9.53 Å². The van der Waals surface area contributed by atoms with Crippen LogP contribution in [0.5, 0.6) is 0 Å². The maximum absolute atomic E-state index is 11.2. The molecule has 0 atom stereocenters. The van der Waals surface area contributed by atoms with Crippen LogP contribution in [0.1, 0.15) is 5.56 Å². The van der Waals surface area contributed by atoms with E-state index in [1.54, 1.807) is 4.90 Å². The number of amides is 1. The summed E-state index contributed by atoms with van der Waals surface area (Å²) in [5.41, 5.74) is 2.06. The zero-order chi connectivity index (χ0) is 9.97. The van der Waals surface area contributed by atoms with Crippen LogP contribution in [0.4, 0.5) is 10.5 Å². The molecule has 0 spiro atoms. The molecule has 0 N–H and O–H groups in total. The standard InChI is InChI=1S/C11H12NO2/c1-2-9-3-5-10(6-4-9)12-7-8-14-11(12)13/h3-6H,1-2,7-8H2. The molecule has 0 saturated carbocycles. The number of rotatable bonds is 2. The van der Waals surface area contributed by atoms with Gasteiger partial charge in [-0.25, -0.2) is 4.79 Å². The van der Waals surface area contributed by atoms with Crippen molar-refractivity contribution in [3.63, 3.8) is 0 Å². The number of hydrogen-bond donors (Lipinski definition) is 0. The Balaban J connectivity index is 2.20. The van der Waals surface area contributed by atoms with Gasteiger partial charge in [-0.15, -0.1) is 0 Å². The van der Waals surface area contributed by atoms with E-state index in [4.69, 9.17) is 4.74 Å². The lowest BCUT2D eigenvalue weighted by molar-refractivity contribution is 0.181. The van der Waals surface area contributed by atoms with E-state index in [0.717, 1.165) is 12.1 Å². The molecular weight excluding hydrogens is 178 g/mol. The lowest BCUT2D eigenvalue weighted by atomic mass is 10.1. The van der Waals surface area contributed by atoms with Gasteiger partial charge < -0.3 is 4.74 Å². The van der Waals surface area contributed by atoms with Crippen LogP contribution >= 0.6 is 0 Å². The van der Waals surface area contributed by atoms with E-state index in [1.165, 1.54) is 5.56 Å². The minimum absolute atomic E-state index is 0.257. The molecule has 0 bridgehead atoms. The Hall–Kier alpha value is -1.51. The predicted molar refractivity (Wildman–Crippen MR) is 54.2 cm³/mol. The number of carbonyl (C=O) groups excluding carboxylic acids is 1. The van der Waals surface area contributed by atoms with Crippen molar-refractivity contribution in [3.8, 4) is 0 Å². The fourth-order valence-electron chi connectivity index (χ4n) is 1.47. The highest BCUT2D eigenvalue weighted by atomic mass is 16.6. The second-order valence-corrected chi connectivity index (χ2v) is 3.18. The third-order valence-electron chi connectivity index (χ3n) is 2.30. The van der Waals surface area contributed by atoms with Gasteiger partial charge in [-0.05, 0) is 31.0 Å². The lowest BCUT2D eigenvalue weighted by Gasteiger charge is -2.12. The van der Waals surface area contributed by atoms with Crippen LogP contribution in [0.3, 0.4) is 0 Å². The summed E-state index contributed by atoms with van der Waals surface area (Å²) < 4.78 is 4.85. The van der Waals surface area contributed by atoms with E-state index in [-0.39, 0.29) is 6.09 Å². The Bertz CT molecular complexity index is 332. The van der Waals surface area contributed by atoms with Gasteiger partial charge in [-0.1, -0.05) is 12.1 Å². The number of benzene rings is 1. The molecule has 14 heavy (non-hydrogen) atoms. The number of cyclic esters (lactones) is 1. The molecule has 1 aromatic carbocycles. The molecule has 3 heteroatoms. The van der Waals surface area contributed by atoms with Crippen molar-refractivity contribution in [3.05, 3.63) is 36.8 Å². The molecule has 1 saturated heterocycles. The topological polar surface area (TPSA) is 29.5 Å². The van der Waals surface area contributed by atoms with Crippen molar-refractivity contribution in [1.29, 1.82) is 0 Å². The Morgan fingerprint density at radius 1 is 1.36 bits per heavy atom. The highest BCUT2D eigenvalue weighted by Gasteiger charge is 2.22. The van der Waals surface area contributed by atoms with Crippen molar-refractivity contribution in [1.82, 2.24) is 0 Å². The maximum atomic E-state index is 11.2. The van der Waals surface area contributed by atoms with E-state index in [2.05, 4.69) is 6.92 Å². The van der Waals surface area contributed by atoms with E-state index < -0.39 is 0 Å². The van der Waals surface area contributed by atoms with E-state index >= 15 is 0 Å². The summed E-state index contributed by atoms with van der Waals surface area (Å²) in [7, 11) is 0. The van der Waals surface area contributed by atoms with Gasteiger partial charge in [-0.3, -0.25) is 4.90 Å². The molecule has 0 aliphatic carbocycles. The Morgan fingerprint density at radius 2 is 2.07 bits per heavy atom. The van der Waals surface area contributed by atoms with Crippen LogP contribution in [0.15, 0.2) is 24.3 Å². The molecule has 1 amide bonds. The van der Waals surface area contributed by atoms with E-state index in [1.807, 2.05) is 24.3 Å². The van der Waals surface area contributed by atoms with E-state index in [0.29, 0.717) is 13.2 Å². The largest absolute Gasteiger partial charge is 0.447 e. The summed E-state index contributed by atoms with van der Waals surface area (Å²) in [5.74, 6) is 0. The van der Waals surface area contributed by atoms with Crippen molar-refractivity contribution in [2.45, 2.75) is 6.42 Å². The van der Waals surface area contributed by atoms with Gasteiger partial charge in [-0.2, -0.15) is 0 Å². The fraction of sp³-hybridized carbons (Fsp3) is 0.273. The Labute approximate surface area is 83.3 Å². The number of carbonyl (C=O) groups is 1. The summed E-state index contributed by atoms with van der Waals surface area (Å²) in [6, 6.07) is 7.81. The van der Waals surface area contributed by atoms with Crippen molar-refractivity contribution in [2.75, 3.05) is 18.1 Å². The molecule has 1 aliphatic heterocycles. The molecule has 1 radical (unpaired) electrons. The van der Waals surface area contributed by atoms with Crippen LogP contribution in [0.2, 0.25) is 0 Å². The van der Waals surface area contributed by atoms with Crippen LogP contribution in [-0.4, -0.2) is 19.2 Å². The van der Waals surface area contributed by atoms with Crippen molar-refractivity contribution in [2.24, 2.45) is 0 Å². The fourth-order valence-corrected chi connectivity index (χ4v) is 1.47. The minimum atomic E-state index is -0.257. The molecule has 0 unspecified atom stereocenters. The summed E-state index contributed by atoms with van der Waals surface area (Å²) in [6.45, 7) is 4.92.